The number of phenolic OH excluding ortho intramolecular Hbond substituents is 1. The minimum Gasteiger partial charge on any atom is -0.507 e. The molecule has 6 atom stereocenters. The lowest BCUT2D eigenvalue weighted by Crippen LogP contribution is -2.79. The number of ketones is 4. The molecule has 2 fully saturated rings. The molecule has 0 radical (unpaired) electrons. The number of fused-ring (bicyclic) bond motifs is 3. The Bertz CT molecular complexity index is 1590. The Balaban J connectivity index is 1.63. The van der Waals surface area contributed by atoms with Gasteiger partial charge in [0.15, 0.2) is 34.7 Å². The number of aromatic hydroxyl groups is 1. The molecule has 0 bridgehead atoms. The number of likely N-dealkylation sites (N-methyl/N-ethyl adjacent to an activating group) is 1. The molecule has 0 spiro atoms. The van der Waals surface area contributed by atoms with Gasteiger partial charge in [0.05, 0.1) is 17.5 Å². The first kappa shape index (κ1) is 31.5. The summed E-state index contributed by atoms with van der Waals surface area (Å²) in [6.07, 6.45) is 0.106. The monoisotopic (exact) mass is 604 g/mol. The zero-order valence-corrected chi connectivity index (χ0v) is 25.9. The van der Waals surface area contributed by atoms with Gasteiger partial charge in [-0.25, -0.2) is 0 Å². The molecular formula is C33H40N4O7. The average Bonchev–Trinajstić information content (AvgIpc) is 2.92. The van der Waals surface area contributed by atoms with Crippen LogP contribution in [0.2, 0.25) is 0 Å². The van der Waals surface area contributed by atoms with Gasteiger partial charge in [0.25, 0.3) is 0 Å². The zero-order valence-electron chi connectivity index (χ0n) is 25.9. The summed E-state index contributed by atoms with van der Waals surface area (Å²) in [6, 6.07) is 10.3. The summed E-state index contributed by atoms with van der Waals surface area (Å²) >= 11 is 0. The van der Waals surface area contributed by atoms with Crippen LogP contribution in [0.5, 0.6) is 5.75 Å². The third-order valence-corrected chi connectivity index (χ3v) is 10.0. The summed E-state index contributed by atoms with van der Waals surface area (Å²) in [5, 5.41) is 26.9. The molecule has 11 nitrogen and oxygen atoms in total. The number of carbonyl (C=O) groups excluding carboxylic acids is 5. The molecule has 11 heteroatoms. The van der Waals surface area contributed by atoms with Gasteiger partial charge in [-0.3, -0.25) is 28.9 Å². The Morgan fingerprint density at radius 1 is 1.02 bits per heavy atom. The van der Waals surface area contributed by atoms with Crippen molar-refractivity contribution in [3.8, 4) is 5.75 Å². The van der Waals surface area contributed by atoms with E-state index >= 15 is 0 Å². The molecule has 0 saturated heterocycles. The second-order valence-electron chi connectivity index (χ2n) is 13.5. The molecule has 0 heterocycles. The van der Waals surface area contributed by atoms with Crippen molar-refractivity contribution in [3.05, 3.63) is 58.7 Å². The number of aliphatic hydroxyl groups is 1. The number of hydrogen-bond donors (Lipinski definition) is 4. The molecule has 1 amide bonds. The van der Waals surface area contributed by atoms with Crippen LogP contribution in [0.4, 0.5) is 5.69 Å². The Morgan fingerprint density at radius 3 is 2.23 bits per heavy atom. The number of nitrogens with zero attached hydrogens (tertiary/aromatic N) is 2. The van der Waals surface area contributed by atoms with E-state index in [0.29, 0.717) is 23.4 Å². The fraction of sp³-hybridized carbons (Fsp3) is 0.485. The van der Waals surface area contributed by atoms with Crippen LogP contribution in [0.15, 0.2) is 36.4 Å². The Morgan fingerprint density at radius 2 is 1.66 bits per heavy atom. The van der Waals surface area contributed by atoms with Crippen molar-refractivity contribution in [1.29, 1.82) is 0 Å². The Labute approximate surface area is 256 Å². The van der Waals surface area contributed by atoms with E-state index in [1.54, 1.807) is 21.0 Å². The molecule has 5 N–H and O–H groups in total. The minimum atomic E-state index is -2.83. The van der Waals surface area contributed by atoms with Gasteiger partial charge >= 0.3 is 0 Å². The largest absolute Gasteiger partial charge is 0.507 e. The molecule has 2 unspecified atom stereocenters. The van der Waals surface area contributed by atoms with Gasteiger partial charge in [-0.05, 0) is 49.5 Å². The number of amides is 1. The van der Waals surface area contributed by atoms with Crippen molar-refractivity contribution in [2.45, 2.75) is 51.4 Å². The number of benzene rings is 2. The lowest BCUT2D eigenvalue weighted by molar-refractivity contribution is -0.203. The van der Waals surface area contributed by atoms with Crippen LogP contribution in [-0.2, 0) is 38.7 Å². The molecule has 2 aromatic rings. The maximum absolute atomic E-state index is 14.5. The highest BCUT2D eigenvalue weighted by atomic mass is 16.3. The zero-order chi connectivity index (χ0) is 32.5. The summed E-state index contributed by atoms with van der Waals surface area (Å²) in [4.78, 5) is 71.9. The maximum atomic E-state index is 14.5. The van der Waals surface area contributed by atoms with E-state index in [2.05, 4.69) is 5.32 Å². The molecule has 44 heavy (non-hydrogen) atoms. The van der Waals surface area contributed by atoms with E-state index in [0.717, 1.165) is 5.56 Å². The molecule has 2 aromatic carbocycles. The Kier molecular flexibility index (Phi) is 7.59. The highest BCUT2D eigenvalue weighted by Gasteiger charge is 2.76. The van der Waals surface area contributed by atoms with Gasteiger partial charge in [-0.15, -0.1) is 0 Å². The van der Waals surface area contributed by atoms with Crippen molar-refractivity contribution in [1.82, 2.24) is 10.2 Å². The number of nitrogens with one attached hydrogen (secondary N) is 1. The van der Waals surface area contributed by atoms with Gasteiger partial charge in [0, 0.05) is 43.9 Å². The average molecular weight is 605 g/mol. The van der Waals surface area contributed by atoms with Crippen molar-refractivity contribution < 1.29 is 34.2 Å². The molecule has 0 aromatic heterocycles. The topological polar surface area (TPSA) is 170 Å². The second kappa shape index (κ2) is 10.6. The van der Waals surface area contributed by atoms with Crippen molar-refractivity contribution in [2.75, 3.05) is 33.1 Å². The predicted molar refractivity (Wildman–Crippen MR) is 162 cm³/mol. The number of hydrogen-bond acceptors (Lipinski definition) is 10. The normalized spacial score (nSPS) is 31.4. The third-order valence-electron chi connectivity index (χ3n) is 10.0. The lowest BCUT2D eigenvalue weighted by Gasteiger charge is -2.61. The van der Waals surface area contributed by atoms with Gasteiger partial charge in [0.1, 0.15) is 5.75 Å². The first-order valence-electron chi connectivity index (χ1n) is 14.7. The molecule has 2 saturated carbocycles. The van der Waals surface area contributed by atoms with Crippen LogP contribution in [0.1, 0.15) is 47.3 Å². The number of phenols is 1. The first-order chi connectivity index (χ1) is 20.5. The van der Waals surface area contributed by atoms with Gasteiger partial charge in [0.2, 0.25) is 5.91 Å². The van der Waals surface area contributed by atoms with Gasteiger partial charge in [-0.1, -0.05) is 44.2 Å². The molecular weight excluding hydrogens is 564 g/mol. The van der Waals surface area contributed by atoms with E-state index in [-0.39, 0.29) is 30.7 Å². The van der Waals surface area contributed by atoms with E-state index < -0.39 is 63.3 Å². The molecule has 5 rings (SSSR count). The van der Waals surface area contributed by atoms with Crippen molar-refractivity contribution >= 4 is 34.7 Å². The quantitative estimate of drug-likeness (QED) is 0.335. The highest BCUT2D eigenvalue weighted by molar-refractivity contribution is 6.33. The fourth-order valence-electron chi connectivity index (χ4n) is 8.29. The molecule has 234 valence electrons. The smallest absolute Gasteiger partial charge is 0.235 e. The SMILES string of the molecule is CN(C)c1cc(CNCc2ccccc2)c(O)c2c1C[C@@]1(C)C[C@@]3(C)[C@H](N(C)C)C(=O)C(C(N)=O)C(=O)[C@@]3(O)C(=O)C1C2=O. The fourth-order valence-corrected chi connectivity index (χ4v) is 8.29. The Hall–Kier alpha value is -3.93. The van der Waals surface area contributed by atoms with Crippen molar-refractivity contribution in [2.24, 2.45) is 28.4 Å². The number of carbonyl (C=O) groups is 5. The second-order valence-corrected chi connectivity index (χ2v) is 13.5. The first-order valence-corrected chi connectivity index (χ1v) is 14.7. The minimum absolute atomic E-state index is 0.0225. The summed E-state index contributed by atoms with van der Waals surface area (Å²) in [7, 11) is 6.78. The molecule has 0 aliphatic heterocycles. The van der Waals surface area contributed by atoms with Gasteiger partial charge in [-0.2, -0.15) is 0 Å². The number of rotatable bonds is 7. The van der Waals surface area contributed by atoms with E-state index in [1.807, 2.05) is 55.4 Å². The summed E-state index contributed by atoms with van der Waals surface area (Å²) in [6.45, 7) is 3.98. The van der Waals surface area contributed by atoms with E-state index in [9.17, 15) is 34.2 Å². The highest BCUT2D eigenvalue weighted by Crippen LogP contribution is 2.62. The summed E-state index contributed by atoms with van der Waals surface area (Å²) in [5.74, 6) is -8.91. The van der Waals surface area contributed by atoms with Crippen LogP contribution in [0.3, 0.4) is 0 Å². The number of nitrogens with two attached hydrogens (primary N) is 1. The number of anilines is 1. The van der Waals surface area contributed by atoms with Crippen LogP contribution in [0.25, 0.3) is 0 Å². The number of primary amides is 1. The summed E-state index contributed by atoms with van der Waals surface area (Å²) < 4.78 is 0. The predicted octanol–water partition coefficient (Wildman–Crippen LogP) is 1.00. The van der Waals surface area contributed by atoms with Crippen LogP contribution < -0.4 is 16.0 Å². The van der Waals surface area contributed by atoms with Crippen LogP contribution in [0, 0.1) is 22.7 Å². The molecule has 3 aliphatic rings. The maximum Gasteiger partial charge on any atom is 0.235 e. The van der Waals surface area contributed by atoms with E-state index in [1.165, 1.54) is 11.8 Å². The van der Waals surface area contributed by atoms with Crippen LogP contribution >= 0.6 is 0 Å². The van der Waals surface area contributed by atoms with E-state index in [4.69, 9.17) is 5.73 Å². The number of Topliss-reactive ketones (excluding diaryl/α,β-unsaturated/α-hetero) is 4. The summed E-state index contributed by atoms with van der Waals surface area (Å²) in [5.41, 5.74) is 2.54. The molecule has 3 aliphatic carbocycles. The van der Waals surface area contributed by atoms with Crippen LogP contribution in [-0.4, -0.2) is 84.0 Å². The lowest BCUT2D eigenvalue weighted by atomic mass is 9.42. The standard InChI is InChI=1S/C33H40N4O7/c1-31-13-19-20(36(3)4)12-18(15-35-14-17-10-8-7-9-11-17)24(38)21(19)25(39)23(31)29(42)33(44)28(41)22(30(34)43)26(40)27(37(5)6)32(33,2)16-31/h7-12,22-23,27,35,38,44H,13-16H2,1-6H3,(H2,34,43)/t22?,23?,27-,31+,32+,33-/m1/s1. The third kappa shape index (κ3) is 4.32. The van der Waals surface area contributed by atoms with Crippen molar-refractivity contribution in [3.63, 3.8) is 0 Å². The van der Waals surface area contributed by atoms with Gasteiger partial charge < -0.3 is 26.2 Å².